The zero-order valence-corrected chi connectivity index (χ0v) is 7.75. The highest BCUT2D eigenvalue weighted by Gasteiger charge is 2.29. The maximum Gasteiger partial charge on any atom is 0.0569 e. The van der Waals surface area contributed by atoms with Crippen molar-refractivity contribution in [3.63, 3.8) is 0 Å². The number of nitrogens with zero attached hydrogens (tertiary/aromatic N) is 1. The fourth-order valence-electron chi connectivity index (χ4n) is 2.02. The van der Waals surface area contributed by atoms with Crippen molar-refractivity contribution in [2.24, 2.45) is 11.8 Å². The normalized spacial score (nSPS) is 38.5. The molecule has 0 saturated heterocycles. The summed E-state index contributed by atoms with van der Waals surface area (Å²) >= 11 is 0. The Morgan fingerprint density at radius 2 is 2.00 bits per heavy atom. The largest absolute Gasteiger partial charge is 0.393 e. The molecule has 0 heterocycles. The number of aliphatic hydroxyl groups excluding tert-OH is 1. The van der Waals surface area contributed by atoms with Crippen molar-refractivity contribution in [2.75, 3.05) is 20.6 Å². The summed E-state index contributed by atoms with van der Waals surface area (Å²) in [7, 11) is 4.19. The molecule has 0 aromatic rings. The van der Waals surface area contributed by atoms with E-state index in [1.165, 1.54) is 6.42 Å². The van der Waals surface area contributed by atoms with Crippen LogP contribution in [-0.4, -0.2) is 36.8 Å². The van der Waals surface area contributed by atoms with Gasteiger partial charge in [0.1, 0.15) is 0 Å². The summed E-state index contributed by atoms with van der Waals surface area (Å²) in [4.78, 5) is 2.20. The average molecular weight is 157 g/mol. The summed E-state index contributed by atoms with van der Waals surface area (Å²) in [6.45, 7) is 3.27. The lowest BCUT2D eigenvalue weighted by Crippen LogP contribution is -2.20. The van der Waals surface area contributed by atoms with Gasteiger partial charge in [0.05, 0.1) is 6.10 Å². The van der Waals surface area contributed by atoms with Gasteiger partial charge in [0.15, 0.2) is 0 Å². The SMILES string of the molecule is C[C@@H]1C[C@H](CN(C)C)C[C@H]1O. The highest BCUT2D eigenvalue weighted by molar-refractivity contribution is 4.81. The van der Waals surface area contributed by atoms with E-state index in [2.05, 4.69) is 25.9 Å². The van der Waals surface area contributed by atoms with E-state index in [0.29, 0.717) is 5.92 Å². The van der Waals surface area contributed by atoms with E-state index in [9.17, 15) is 5.11 Å². The second-order valence-corrected chi connectivity index (χ2v) is 4.14. The van der Waals surface area contributed by atoms with Crippen LogP contribution in [0.2, 0.25) is 0 Å². The van der Waals surface area contributed by atoms with Gasteiger partial charge in [-0.2, -0.15) is 0 Å². The topological polar surface area (TPSA) is 23.5 Å². The fraction of sp³-hybridized carbons (Fsp3) is 1.00. The number of hydrogen-bond donors (Lipinski definition) is 1. The molecular weight excluding hydrogens is 138 g/mol. The Labute approximate surface area is 69.2 Å². The van der Waals surface area contributed by atoms with Crippen molar-refractivity contribution in [1.82, 2.24) is 4.90 Å². The number of rotatable bonds is 2. The van der Waals surface area contributed by atoms with Gasteiger partial charge in [0.2, 0.25) is 0 Å². The van der Waals surface area contributed by atoms with E-state index in [1.54, 1.807) is 0 Å². The zero-order valence-electron chi connectivity index (χ0n) is 7.75. The highest BCUT2D eigenvalue weighted by Crippen LogP contribution is 2.30. The van der Waals surface area contributed by atoms with Crippen LogP contribution >= 0.6 is 0 Å². The summed E-state index contributed by atoms with van der Waals surface area (Å²) in [6, 6.07) is 0. The first kappa shape index (κ1) is 9.01. The molecule has 1 saturated carbocycles. The minimum atomic E-state index is -0.0417. The molecule has 2 nitrogen and oxygen atoms in total. The fourth-order valence-corrected chi connectivity index (χ4v) is 2.02. The van der Waals surface area contributed by atoms with Crippen molar-refractivity contribution < 1.29 is 5.11 Å². The summed E-state index contributed by atoms with van der Waals surface area (Å²) in [5.74, 6) is 1.23. The molecule has 0 bridgehead atoms. The van der Waals surface area contributed by atoms with Gasteiger partial charge in [0.25, 0.3) is 0 Å². The van der Waals surface area contributed by atoms with Gasteiger partial charge in [0, 0.05) is 6.54 Å². The Hall–Kier alpha value is -0.0800. The predicted molar refractivity (Wildman–Crippen MR) is 46.4 cm³/mol. The van der Waals surface area contributed by atoms with E-state index < -0.39 is 0 Å². The maximum atomic E-state index is 9.46. The summed E-state index contributed by atoms with van der Waals surface area (Å²) < 4.78 is 0. The molecule has 0 aromatic carbocycles. The van der Waals surface area contributed by atoms with Crippen molar-refractivity contribution in [3.05, 3.63) is 0 Å². The van der Waals surface area contributed by atoms with Crippen molar-refractivity contribution in [2.45, 2.75) is 25.9 Å². The minimum Gasteiger partial charge on any atom is -0.393 e. The van der Waals surface area contributed by atoms with E-state index in [1.807, 2.05) is 0 Å². The molecule has 1 rings (SSSR count). The van der Waals surface area contributed by atoms with Crippen LogP contribution in [0.4, 0.5) is 0 Å². The summed E-state index contributed by atoms with van der Waals surface area (Å²) in [5, 5.41) is 9.46. The lowest BCUT2D eigenvalue weighted by molar-refractivity contribution is 0.138. The Balaban J connectivity index is 2.29. The quantitative estimate of drug-likeness (QED) is 0.645. The van der Waals surface area contributed by atoms with Crippen molar-refractivity contribution >= 4 is 0 Å². The molecule has 0 spiro atoms. The molecule has 3 atom stereocenters. The van der Waals surface area contributed by atoms with Gasteiger partial charge in [-0.15, -0.1) is 0 Å². The molecule has 0 aliphatic heterocycles. The molecule has 1 fully saturated rings. The van der Waals surface area contributed by atoms with Crippen LogP contribution in [-0.2, 0) is 0 Å². The highest BCUT2D eigenvalue weighted by atomic mass is 16.3. The van der Waals surface area contributed by atoms with E-state index in [-0.39, 0.29) is 6.10 Å². The maximum absolute atomic E-state index is 9.46. The molecule has 0 aromatic heterocycles. The third-order valence-corrected chi connectivity index (χ3v) is 2.56. The van der Waals surface area contributed by atoms with Crippen LogP contribution < -0.4 is 0 Å². The molecule has 0 radical (unpaired) electrons. The smallest absolute Gasteiger partial charge is 0.0569 e. The number of hydrogen-bond acceptors (Lipinski definition) is 2. The van der Waals surface area contributed by atoms with Crippen LogP contribution in [0.25, 0.3) is 0 Å². The third kappa shape index (κ3) is 2.46. The van der Waals surface area contributed by atoms with Crippen molar-refractivity contribution in [3.8, 4) is 0 Å². The second kappa shape index (κ2) is 3.55. The molecule has 0 unspecified atom stereocenters. The molecule has 2 heteroatoms. The van der Waals surface area contributed by atoms with E-state index >= 15 is 0 Å². The lowest BCUT2D eigenvalue weighted by Gasteiger charge is -2.14. The second-order valence-electron chi connectivity index (χ2n) is 4.14. The van der Waals surface area contributed by atoms with Crippen LogP contribution in [0.3, 0.4) is 0 Å². The van der Waals surface area contributed by atoms with Gasteiger partial charge >= 0.3 is 0 Å². The van der Waals surface area contributed by atoms with E-state index in [0.717, 1.165) is 18.9 Å². The average Bonchev–Trinajstić information content (AvgIpc) is 2.10. The van der Waals surface area contributed by atoms with Gasteiger partial charge in [-0.1, -0.05) is 6.92 Å². The summed E-state index contributed by atoms with van der Waals surface area (Å²) in [5.41, 5.74) is 0. The van der Waals surface area contributed by atoms with Gasteiger partial charge in [-0.25, -0.2) is 0 Å². The minimum absolute atomic E-state index is 0.0417. The van der Waals surface area contributed by atoms with Gasteiger partial charge in [-0.3, -0.25) is 0 Å². The standard InChI is InChI=1S/C9H19NO/c1-7-4-8(5-9(7)11)6-10(2)3/h7-9,11H,4-6H2,1-3H3/t7-,8+,9-/m1/s1. The van der Waals surface area contributed by atoms with E-state index in [4.69, 9.17) is 0 Å². The van der Waals surface area contributed by atoms with Gasteiger partial charge < -0.3 is 10.0 Å². The van der Waals surface area contributed by atoms with Crippen LogP contribution in [0.15, 0.2) is 0 Å². The van der Waals surface area contributed by atoms with Gasteiger partial charge in [-0.05, 0) is 38.8 Å². The third-order valence-electron chi connectivity index (χ3n) is 2.56. The van der Waals surface area contributed by atoms with Crippen LogP contribution in [0.1, 0.15) is 19.8 Å². The molecular formula is C9H19NO. The Morgan fingerprint density at radius 3 is 2.36 bits per heavy atom. The number of aliphatic hydroxyl groups is 1. The Morgan fingerprint density at radius 1 is 1.36 bits per heavy atom. The molecule has 1 aliphatic rings. The first-order chi connectivity index (χ1) is 5.09. The lowest BCUT2D eigenvalue weighted by atomic mass is 10.1. The monoisotopic (exact) mass is 157 g/mol. The zero-order chi connectivity index (χ0) is 8.43. The molecule has 0 amide bonds. The molecule has 66 valence electrons. The van der Waals surface area contributed by atoms with Crippen molar-refractivity contribution in [1.29, 1.82) is 0 Å². The first-order valence-electron chi connectivity index (χ1n) is 4.42. The van der Waals surface area contributed by atoms with Crippen LogP contribution in [0, 0.1) is 11.8 Å². The Kier molecular flexibility index (Phi) is 2.90. The molecule has 1 N–H and O–H groups in total. The predicted octanol–water partition coefficient (Wildman–Crippen LogP) is 0.955. The molecule has 11 heavy (non-hydrogen) atoms. The Bertz CT molecular complexity index is 112. The first-order valence-corrected chi connectivity index (χ1v) is 4.42. The summed E-state index contributed by atoms with van der Waals surface area (Å²) in [6.07, 6.45) is 2.15. The molecule has 1 aliphatic carbocycles. The van der Waals surface area contributed by atoms with Crippen LogP contribution in [0.5, 0.6) is 0 Å².